The fraction of sp³-hybridized carbons (Fsp3) is 0.440. The Kier molecular flexibility index (Phi) is 6.01. The van der Waals surface area contributed by atoms with E-state index >= 15 is 0 Å². The topological polar surface area (TPSA) is 84.3 Å². The van der Waals surface area contributed by atoms with Gasteiger partial charge in [-0.15, -0.1) is 11.3 Å². The highest BCUT2D eigenvalue weighted by Gasteiger charge is 2.28. The molecule has 2 aromatic heterocycles. The zero-order valence-corrected chi connectivity index (χ0v) is 19.6. The highest BCUT2D eigenvalue weighted by Crippen LogP contribution is 2.35. The summed E-state index contributed by atoms with van der Waals surface area (Å²) >= 11 is 1.62. The van der Waals surface area contributed by atoms with Crippen molar-refractivity contribution in [2.24, 2.45) is 11.8 Å². The Hall–Kier alpha value is -3.00. The number of aryl methyl sites for hydroxylation is 1. The van der Waals surface area contributed by atoms with Gasteiger partial charge < -0.3 is 10.2 Å². The van der Waals surface area contributed by atoms with Gasteiger partial charge in [0.2, 0.25) is 11.8 Å². The van der Waals surface area contributed by atoms with E-state index < -0.39 is 0 Å². The summed E-state index contributed by atoms with van der Waals surface area (Å²) in [6.07, 6.45) is 5.73. The lowest BCUT2D eigenvalue weighted by Gasteiger charge is -2.31. The van der Waals surface area contributed by atoms with Crippen LogP contribution >= 0.6 is 11.3 Å². The predicted octanol–water partition coefficient (Wildman–Crippen LogP) is 3.46. The number of carbonyl (C=O) groups excluding carboxylic acids is 2. The van der Waals surface area contributed by atoms with Crippen LogP contribution in [0.5, 0.6) is 0 Å². The van der Waals surface area contributed by atoms with Crippen LogP contribution in [-0.4, -0.2) is 39.4 Å². The fourth-order valence-electron chi connectivity index (χ4n) is 4.88. The van der Waals surface area contributed by atoms with Gasteiger partial charge in [0.15, 0.2) is 0 Å². The molecule has 3 aromatic rings. The standard InChI is InChI=1S/C25H28N4O3S/c1-16-7-8-19-20(13-16)33-24-22(19)25(32)29(15-26-24)14-21(30)28-11-9-17(10-12-28)23(31)27-18-5-3-2-4-6-18/h2-6,15-17H,7-14H2,1H3,(H,27,31). The quantitative estimate of drug-likeness (QED) is 0.641. The molecule has 8 heteroatoms. The zero-order chi connectivity index (χ0) is 22.9. The normalized spacial score (nSPS) is 18.8. The number of carbonyl (C=O) groups is 2. The number of anilines is 1. The molecule has 5 rings (SSSR count). The van der Waals surface area contributed by atoms with Crippen molar-refractivity contribution in [3.63, 3.8) is 0 Å². The fourth-order valence-corrected chi connectivity index (χ4v) is 6.22. The van der Waals surface area contributed by atoms with E-state index in [4.69, 9.17) is 0 Å². The first-order valence-corrected chi connectivity index (χ1v) is 12.4. The number of rotatable bonds is 4. The van der Waals surface area contributed by atoms with E-state index in [1.807, 2.05) is 30.3 Å². The minimum Gasteiger partial charge on any atom is -0.341 e. The SMILES string of the molecule is CC1CCc2c(sc3ncn(CC(=O)N4CCC(C(=O)Nc5ccccc5)CC4)c(=O)c23)C1. The van der Waals surface area contributed by atoms with Gasteiger partial charge in [0.1, 0.15) is 11.4 Å². The minimum atomic E-state index is -0.116. The molecule has 0 saturated carbocycles. The van der Waals surface area contributed by atoms with Crippen LogP contribution in [-0.2, 0) is 29.0 Å². The maximum atomic E-state index is 13.2. The van der Waals surface area contributed by atoms with Crippen LogP contribution in [0.25, 0.3) is 10.2 Å². The molecule has 33 heavy (non-hydrogen) atoms. The first kappa shape index (κ1) is 21.8. The average molecular weight is 465 g/mol. The monoisotopic (exact) mass is 464 g/mol. The number of thiophene rings is 1. The number of hydrogen-bond acceptors (Lipinski definition) is 5. The highest BCUT2D eigenvalue weighted by atomic mass is 32.1. The number of aromatic nitrogens is 2. The predicted molar refractivity (Wildman–Crippen MR) is 129 cm³/mol. The van der Waals surface area contributed by atoms with Gasteiger partial charge in [0, 0.05) is 29.6 Å². The lowest BCUT2D eigenvalue weighted by atomic mass is 9.89. The van der Waals surface area contributed by atoms with Crippen LogP contribution in [0.15, 0.2) is 41.5 Å². The molecule has 1 saturated heterocycles. The van der Waals surface area contributed by atoms with Crippen molar-refractivity contribution in [1.29, 1.82) is 0 Å². The third kappa shape index (κ3) is 4.44. The smallest absolute Gasteiger partial charge is 0.262 e. The van der Waals surface area contributed by atoms with Crippen molar-refractivity contribution < 1.29 is 9.59 Å². The van der Waals surface area contributed by atoms with E-state index in [2.05, 4.69) is 17.2 Å². The second-order valence-corrected chi connectivity index (χ2v) is 10.3. The summed E-state index contributed by atoms with van der Waals surface area (Å²) in [6, 6.07) is 9.41. The molecule has 1 N–H and O–H groups in total. The Labute approximate surface area is 196 Å². The van der Waals surface area contributed by atoms with E-state index in [9.17, 15) is 14.4 Å². The lowest BCUT2D eigenvalue weighted by Crippen LogP contribution is -2.43. The number of benzene rings is 1. The van der Waals surface area contributed by atoms with Gasteiger partial charge >= 0.3 is 0 Å². The van der Waals surface area contributed by atoms with E-state index in [0.29, 0.717) is 37.2 Å². The van der Waals surface area contributed by atoms with Crippen LogP contribution in [0.1, 0.15) is 36.6 Å². The molecule has 1 aliphatic carbocycles. The molecule has 0 spiro atoms. The molecule has 0 radical (unpaired) electrons. The summed E-state index contributed by atoms with van der Waals surface area (Å²) in [5.41, 5.74) is 1.81. The summed E-state index contributed by atoms with van der Waals surface area (Å²) in [7, 11) is 0. The Balaban J connectivity index is 1.23. The summed E-state index contributed by atoms with van der Waals surface area (Å²) in [4.78, 5) is 47.0. The number of likely N-dealkylation sites (tertiary alicyclic amines) is 1. The Bertz CT molecular complexity index is 1240. The Morgan fingerprint density at radius 1 is 1.15 bits per heavy atom. The highest BCUT2D eigenvalue weighted by molar-refractivity contribution is 7.18. The number of para-hydroxylation sites is 1. The van der Waals surface area contributed by atoms with Crippen molar-refractivity contribution in [2.45, 2.75) is 45.6 Å². The number of nitrogens with one attached hydrogen (secondary N) is 1. The third-order valence-electron chi connectivity index (χ3n) is 6.85. The molecule has 1 fully saturated rings. The number of hydrogen-bond donors (Lipinski definition) is 1. The molecule has 0 bridgehead atoms. The largest absolute Gasteiger partial charge is 0.341 e. The van der Waals surface area contributed by atoms with Crippen LogP contribution in [0.4, 0.5) is 5.69 Å². The second-order valence-electron chi connectivity index (χ2n) is 9.22. The van der Waals surface area contributed by atoms with Gasteiger partial charge in [0.05, 0.1) is 11.7 Å². The van der Waals surface area contributed by atoms with Gasteiger partial charge in [-0.3, -0.25) is 19.0 Å². The van der Waals surface area contributed by atoms with Gasteiger partial charge in [-0.25, -0.2) is 4.98 Å². The molecule has 1 atom stereocenters. The van der Waals surface area contributed by atoms with Gasteiger partial charge in [-0.2, -0.15) is 0 Å². The number of piperidine rings is 1. The lowest BCUT2D eigenvalue weighted by molar-refractivity contribution is -0.135. The summed E-state index contributed by atoms with van der Waals surface area (Å²) in [6.45, 7) is 3.26. The summed E-state index contributed by atoms with van der Waals surface area (Å²) in [5, 5.41) is 3.65. The first-order chi connectivity index (χ1) is 16.0. The summed E-state index contributed by atoms with van der Waals surface area (Å²) in [5.74, 6) is 0.412. The van der Waals surface area contributed by atoms with Gasteiger partial charge in [-0.05, 0) is 55.7 Å². The van der Waals surface area contributed by atoms with E-state index in [1.165, 1.54) is 15.8 Å². The second kappa shape index (κ2) is 9.09. The van der Waals surface area contributed by atoms with Gasteiger partial charge in [0.25, 0.3) is 5.56 Å². The average Bonchev–Trinajstić information content (AvgIpc) is 3.19. The zero-order valence-electron chi connectivity index (χ0n) is 18.8. The van der Waals surface area contributed by atoms with E-state index in [0.717, 1.165) is 35.3 Å². The van der Waals surface area contributed by atoms with Crippen LogP contribution in [0.2, 0.25) is 0 Å². The molecule has 172 valence electrons. The molecular formula is C25H28N4O3S. The van der Waals surface area contributed by atoms with Crippen LogP contribution in [0, 0.1) is 11.8 Å². The van der Waals surface area contributed by atoms with Crippen molar-refractivity contribution in [3.8, 4) is 0 Å². The molecule has 7 nitrogen and oxygen atoms in total. The Morgan fingerprint density at radius 3 is 2.67 bits per heavy atom. The van der Waals surface area contributed by atoms with Crippen LogP contribution < -0.4 is 10.9 Å². The molecule has 2 aliphatic rings. The molecule has 1 unspecified atom stereocenters. The molecule has 1 aliphatic heterocycles. The van der Waals surface area contributed by atoms with Crippen molar-refractivity contribution in [3.05, 3.63) is 57.5 Å². The van der Waals surface area contributed by atoms with Crippen molar-refractivity contribution in [2.75, 3.05) is 18.4 Å². The van der Waals surface area contributed by atoms with E-state index in [-0.39, 0.29) is 29.8 Å². The van der Waals surface area contributed by atoms with Crippen LogP contribution in [0.3, 0.4) is 0 Å². The van der Waals surface area contributed by atoms with E-state index in [1.54, 1.807) is 16.2 Å². The number of amides is 2. The van der Waals surface area contributed by atoms with Gasteiger partial charge in [-0.1, -0.05) is 25.1 Å². The minimum absolute atomic E-state index is 0.00396. The molecule has 3 heterocycles. The number of nitrogens with zero attached hydrogens (tertiary/aromatic N) is 3. The number of fused-ring (bicyclic) bond motifs is 3. The molecule has 1 aromatic carbocycles. The Morgan fingerprint density at radius 2 is 1.91 bits per heavy atom. The molecular weight excluding hydrogens is 436 g/mol. The summed E-state index contributed by atoms with van der Waals surface area (Å²) < 4.78 is 1.45. The first-order valence-electron chi connectivity index (χ1n) is 11.6. The third-order valence-corrected chi connectivity index (χ3v) is 8.01. The maximum Gasteiger partial charge on any atom is 0.262 e. The van der Waals surface area contributed by atoms with Crippen molar-refractivity contribution in [1.82, 2.24) is 14.5 Å². The molecule has 2 amide bonds. The van der Waals surface area contributed by atoms with Crippen molar-refractivity contribution >= 4 is 39.1 Å². The maximum absolute atomic E-state index is 13.2.